The van der Waals surface area contributed by atoms with Crippen molar-refractivity contribution in [1.29, 1.82) is 0 Å². The molecule has 5 heteroatoms. The van der Waals surface area contributed by atoms with E-state index >= 15 is 0 Å². The maximum absolute atomic E-state index is 11.8. The number of carbonyl (C=O) groups excluding carboxylic acids is 1. The predicted molar refractivity (Wildman–Crippen MR) is 88.6 cm³/mol. The van der Waals surface area contributed by atoms with Gasteiger partial charge in [-0.1, -0.05) is 24.3 Å². The smallest absolute Gasteiger partial charge is 0.257 e. The van der Waals surface area contributed by atoms with E-state index in [1.54, 1.807) is 0 Å². The highest BCUT2D eigenvalue weighted by Crippen LogP contribution is 2.09. The average Bonchev–Trinajstić information content (AvgIpc) is 2.98. The fraction of sp³-hybridized carbons (Fsp3) is 0.222. The molecule has 0 aliphatic heterocycles. The third kappa shape index (κ3) is 3.88. The number of nitrogens with zero attached hydrogens (tertiary/aromatic N) is 2. The van der Waals surface area contributed by atoms with Gasteiger partial charge in [0.25, 0.3) is 5.91 Å². The number of imidazole rings is 1. The van der Waals surface area contributed by atoms with Crippen LogP contribution in [0.1, 0.15) is 11.4 Å². The standard InChI is InChI=1S/C18H19N3O2/c1-14-6-5-9-17-20-15(12-21(14)17)10-11-19-18(22)13-23-16-7-3-2-4-8-16/h2-9,12H,10-11,13H2,1H3,(H,19,22). The zero-order valence-corrected chi connectivity index (χ0v) is 13.0. The number of aromatic nitrogens is 2. The van der Waals surface area contributed by atoms with E-state index in [0.29, 0.717) is 18.7 Å². The zero-order valence-electron chi connectivity index (χ0n) is 13.0. The van der Waals surface area contributed by atoms with Gasteiger partial charge in [-0.2, -0.15) is 0 Å². The Morgan fingerprint density at radius 3 is 2.78 bits per heavy atom. The molecule has 0 spiro atoms. The van der Waals surface area contributed by atoms with Crippen molar-refractivity contribution in [2.24, 2.45) is 0 Å². The molecule has 1 N–H and O–H groups in total. The van der Waals surface area contributed by atoms with Gasteiger partial charge in [-0.15, -0.1) is 0 Å². The third-order valence-electron chi connectivity index (χ3n) is 3.56. The molecule has 3 rings (SSSR count). The molecule has 0 aliphatic rings. The first-order valence-electron chi connectivity index (χ1n) is 7.60. The van der Waals surface area contributed by atoms with Gasteiger partial charge in [0.05, 0.1) is 5.69 Å². The van der Waals surface area contributed by atoms with Crippen LogP contribution in [-0.2, 0) is 11.2 Å². The van der Waals surface area contributed by atoms with Crippen LogP contribution in [0.25, 0.3) is 5.65 Å². The number of nitrogens with one attached hydrogen (secondary N) is 1. The number of amides is 1. The lowest BCUT2D eigenvalue weighted by Gasteiger charge is -2.06. The highest BCUT2D eigenvalue weighted by Gasteiger charge is 2.05. The maximum Gasteiger partial charge on any atom is 0.257 e. The van der Waals surface area contributed by atoms with Gasteiger partial charge in [0.15, 0.2) is 6.61 Å². The highest BCUT2D eigenvalue weighted by atomic mass is 16.5. The first-order chi connectivity index (χ1) is 11.2. The van der Waals surface area contributed by atoms with Crippen molar-refractivity contribution in [1.82, 2.24) is 14.7 Å². The summed E-state index contributed by atoms with van der Waals surface area (Å²) in [7, 11) is 0. The lowest BCUT2D eigenvalue weighted by Crippen LogP contribution is -2.30. The fourth-order valence-electron chi connectivity index (χ4n) is 2.37. The Morgan fingerprint density at radius 1 is 1.17 bits per heavy atom. The highest BCUT2D eigenvalue weighted by molar-refractivity contribution is 5.77. The number of ether oxygens (including phenoxy) is 1. The van der Waals surface area contributed by atoms with E-state index in [9.17, 15) is 4.79 Å². The van der Waals surface area contributed by atoms with Gasteiger partial charge < -0.3 is 14.5 Å². The number of carbonyl (C=O) groups is 1. The molecular weight excluding hydrogens is 290 g/mol. The van der Waals surface area contributed by atoms with E-state index in [0.717, 1.165) is 17.0 Å². The average molecular weight is 309 g/mol. The van der Waals surface area contributed by atoms with Crippen molar-refractivity contribution in [2.45, 2.75) is 13.3 Å². The van der Waals surface area contributed by atoms with E-state index in [4.69, 9.17) is 4.74 Å². The Bertz CT molecular complexity index is 796. The number of pyridine rings is 1. The molecule has 0 saturated carbocycles. The summed E-state index contributed by atoms with van der Waals surface area (Å²) in [6.07, 6.45) is 2.70. The minimum absolute atomic E-state index is 0.0221. The van der Waals surface area contributed by atoms with Crippen LogP contribution >= 0.6 is 0 Å². The number of hydrogen-bond acceptors (Lipinski definition) is 3. The van der Waals surface area contributed by atoms with Gasteiger partial charge in [-0.25, -0.2) is 4.98 Å². The van der Waals surface area contributed by atoms with Crippen LogP contribution in [0.4, 0.5) is 0 Å². The Hall–Kier alpha value is -2.82. The zero-order chi connectivity index (χ0) is 16.1. The summed E-state index contributed by atoms with van der Waals surface area (Å²) in [5.74, 6) is 0.562. The molecule has 0 aliphatic carbocycles. The molecule has 3 aromatic rings. The van der Waals surface area contributed by atoms with Crippen LogP contribution in [0.15, 0.2) is 54.7 Å². The Kier molecular flexibility index (Phi) is 4.57. The third-order valence-corrected chi connectivity index (χ3v) is 3.56. The number of fused-ring (bicyclic) bond motifs is 1. The SMILES string of the molecule is Cc1cccc2nc(CCNC(=O)COc3ccccc3)cn12. The maximum atomic E-state index is 11.8. The van der Waals surface area contributed by atoms with Gasteiger partial charge in [-0.05, 0) is 31.2 Å². The molecule has 118 valence electrons. The second kappa shape index (κ2) is 6.96. The summed E-state index contributed by atoms with van der Waals surface area (Å²) in [6.45, 7) is 2.61. The molecule has 2 heterocycles. The topological polar surface area (TPSA) is 55.6 Å². The van der Waals surface area contributed by atoms with Crippen molar-refractivity contribution >= 4 is 11.6 Å². The summed E-state index contributed by atoms with van der Waals surface area (Å²) in [5.41, 5.74) is 3.03. The molecule has 0 atom stereocenters. The molecule has 23 heavy (non-hydrogen) atoms. The van der Waals surface area contributed by atoms with Gasteiger partial charge >= 0.3 is 0 Å². The lowest BCUT2D eigenvalue weighted by atomic mass is 10.3. The van der Waals surface area contributed by atoms with E-state index < -0.39 is 0 Å². The second-order valence-electron chi connectivity index (χ2n) is 5.33. The van der Waals surface area contributed by atoms with E-state index in [1.165, 1.54) is 0 Å². The number of para-hydroxylation sites is 1. The van der Waals surface area contributed by atoms with E-state index in [1.807, 2.05) is 61.7 Å². The van der Waals surface area contributed by atoms with E-state index in [-0.39, 0.29) is 12.5 Å². The molecule has 5 nitrogen and oxygen atoms in total. The van der Waals surface area contributed by atoms with Gasteiger partial charge in [-0.3, -0.25) is 4.79 Å². The molecule has 1 amide bonds. The van der Waals surface area contributed by atoms with Gasteiger partial charge in [0, 0.05) is 24.9 Å². The Labute approximate surface area is 134 Å². The largest absolute Gasteiger partial charge is 0.484 e. The normalized spacial score (nSPS) is 10.7. The predicted octanol–water partition coefficient (Wildman–Crippen LogP) is 2.38. The first kappa shape index (κ1) is 15.1. The van der Waals surface area contributed by atoms with Gasteiger partial charge in [0.2, 0.25) is 0 Å². The number of rotatable bonds is 6. The molecule has 0 unspecified atom stereocenters. The molecule has 2 aromatic heterocycles. The number of aryl methyl sites for hydroxylation is 1. The van der Waals surface area contributed by atoms with Crippen molar-refractivity contribution in [3.63, 3.8) is 0 Å². The molecule has 0 fully saturated rings. The number of hydrogen-bond donors (Lipinski definition) is 1. The molecule has 1 aromatic carbocycles. The number of benzene rings is 1. The fourth-order valence-corrected chi connectivity index (χ4v) is 2.37. The Morgan fingerprint density at radius 2 is 2.00 bits per heavy atom. The second-order valence-corrected chi connectivity index (χ2v) is 5.33. The minimum Gasteiger partial charge on any atom is -0.484 e. The van der Waals surface area contributed by atoms with Crippen molar-refractivity contribution in [3.8, 4) is 5.75 Å². The molecule has 0 bridgehead atoms. The first-order valence-corrected chi connectivity index (χ1v) is 7.60. The quantitative estimate of drug-likeness (QED) is 0.760. The van der Waals surface area contributed by atoms with Crippen LogP contribution in [-0.4, -0.2) is 28.4 Å². The van der Waals surface area contributed by atoms with Crippen molar-refractivity contribution in [2.75, 3.05) is 13.2 Å². The van der Waals surface area contributed by atoms with Crippen molar-refractivity contribution in [3.05, 3.63) is 66.1 Å². The Balaban J connectivity index is 1.46. The van der Waals surface area contributed by atoms with Crippen LogP contribution < -0.4 is 10.1 Å². The van der Waals surface area contributed by atoms with Crippen LogP contribution in [0.2, 0.25) is 0 Å². The lowest BCUT2D eigenvalue weighted by molar-refractivity contribution is -0.123. The van der Waals surface area contributed by atoms with Crippen molar-refractivity contribution < 1.29 is 9.53 Å². The molecular formula is C18H19N3O2. The van der Waals surface area contributed by atoms with Gasteiger partial charge in [0.1, 0.15) is 11.4 Å². The van der Waals surface area contributed by atoms with E-state index in [2.05, 4.69) is 14.7 Å². The summed E-state index contributed by atoms with van der Waals surface area (Å²) >= 11 is 0. The van der Waals surface area contributed by atoms with Crippen LogP contribution in [0, 0.1) is 6.92 Å². The summed E-state index contributed by atoms with van der Waals surface area (Å²) in [5, 5.41) is 2.85. The minimum atomic E-state index is -0.131. The summed E-state index contributed by atoms with van der Waals surface area (Å²) in [4.78, 5) is 16.3. The van der Waals surface area contributed by atoms with Crippen LogP contribution in [0.5, 0.6) is 5.75 Å². The summed E-state index contributed by atoms with van der Waals surface area (Å²) < 4.78 is 7.45. The summed E-state index contributed by atoms with van der Waals surface area (Å²) in [6, 6.07) is 15.3. The van der Waals surface area contributed by atoms with Crippen LogP contribution in [0.3, 0.4) is 0 Å². The molecule has 0 radical (unpaired) electrons. The molecule has 0 saturated heterocycles. The monoisotopic (exact) mass is 309 g/mol.